The third kappa shape index (κ3) is 6.82. The molecule has 5 nitrogen and oxygen atoms in total. The van der Waals surface area contributed by atoms with Crippen LogP contribution in [0.2, 0.25) is 0 Å². The average molecular weight is 296 g/mol. The average Bonchev–Trinajstić information content (AvgIpc) is 2.66. The van der Waals surface area contributed by atoms with E-state index in [-0.39, 0.29) is 12.5 Å². The van der Waals surface area contributed by atoms with E-state index in [4.69, 9.17) is 0 Å². The van der Waals surface area contributed by atoms with Crippen molar-refractivity contribution in [2.45, 2.75) is 52.4 Å². The second-order valence-electron chi connectivity index (χ2n) is 6.56. The molecular formula is C16H32N4O. The number of rotatable bonds is 5. The minimum atomic E-state index is 0.0212. The van der Waals surface area contributed by atoms with E-state index in [2.05, 4.69) is 22.5 Å². The second kappa shape index (κ2) is 8.90. The van der Waals surface area contributed by atoms with E-state index in [1.165, 1.54) is 38.5 Å². The Labute approximate surface area is 129 Å². The summed E-state index contributed by atoms with van der Waals surface area (Å²) in [6.07, 6.45) is 7.92. The van der Waals surface area contributed by atoms with E-state index in [1.54, 1.807) is 19.0 Å². The maximum Gasteiger partial charge on any atom is 0.243 e. The van der Waals surface area contributed by atoms with E-state index < -0.39 is 0 Å². The number of amides is 1. The zero-order chi connectivity index (χ0) is 15.7. The number of aliphatic imine (C=N–C) groups is 1. The van der Waals surface area contributed by atoms with E-state index >= 15 is 0 Å². The summed E-state index contributed by atoms with van der Waals surface area (Å²) >= 11 is 0. The van der Waals surface area contributed by atoms with Gasteiger partial charge < -0.3 is 15.5 Å². The highest BCUT2D eigenvalue weighted by Crippen LogP contribution is 2.33. The van der Waals surface area contributed by atoms with Crippen molar-refractivity contribution in [3.05, 3.63) is 0 Å². The number of nitrogens with one attached hydrogen (secondary N) is 2. The van der Waals surface area contributed by atoms with E-state index in [9.17, 15) is 4.79 Å². The number of hydrogen-bond donors (Lipinski definition) is 2. The molecule has 21 heavy (non-hydrogen) atoms. The third-order valence-electron chi connectivity index (χ3n) is 4.21. The number of carbonyl (C=O) groups excluding carboxylic acids is 1. The van der Waals surface area contributed by atoms with Crippen molar-refractivity contribution in [2.24, 2.45) is 10.4 Å². The maximum atomic E-state index is 11.6. The molecule has 1 rings (SSSR count). The molecule has 2 N–H and O–H groups in total. The topological polar surface area (TPSA) is 56.7 Å². The summed E-state index contributed by atoms with van der Waals surface area (Å²) < 4.78 is 0. The molecule has 0 atom stereocenters. The van der Waals surface area contributed by atoms with Crippen molar-refractivity contribution < 1.29 is 4.79 Å². The molecule has 1 fully saturated rings. The monoisotopic (exact) mass is 296 g/mol. The van der Waals surface area contributed by atoms with Crippen LogP contribution in [-0.2, 0) is 4.79 Å². The zero-order valence-corrected chi connectivity index (χ0v) is 14.2. The van der Waals surface area contributed by atoms with Crippen LogP contribution in [0.15, 0.2) is 4.99 Å². The molecule has 0 aliphatic heterocycles. The van der Waals surface area contributed by atoms with Crippen LogP contribution in [-0.4, -0.2) is 50.5 Å². The van der Waals surface area contributed by atoms with Crippen molar-refractivity contribution in [2.75, 3.05) is 33.7 Å². The van der Waals surface area contributed by atoms with Gasteiger partial charge in [-0.3, -0.25) is 4.79 Å². The molecule has 5 heteroatoms. The summed E-state index contributed by atoms with van der Waals surface area (Å²) in [5.41, 5.74) is 0.345. The van der Waals surface area contributed by atoms with Gasteiger partial charge in [-0.05, 0) is 25.2 Å². The van der Waals surface area contributed by atoms with Crippen LogP contribution in [0.3, 0.4) is 0 Å². The van der Waals surface area contributed by atoms with Crippen LogP contribution in [0.1, 0.15) is 52.4 Å². The molecular weight excluding hydrogens is 264 g/mol. The number of nitrogens with zero attached hydrogens (tertiary/aromatic N) is 2. The normalized spacial score (nSPS) is 18.8. The van der Waals surface area contributed by atoms with Gasteiger partial charge in [0.2, 0.25) is 5.91 Å². The van der Waals surface area contributed by atoms with Crippen LogP contribution < -0.4 is 10.6 Å². The number of carbonyl (C=O) groups is 1. The molecule has 1 saturated carbocycles. The minimum absolute atomic E-state index is 0.0212. The van der Waals surface area contributed by atoms with Gasteiger partial charge in [-0.1, -0.05) is 32.6 Å². The fraction of sp³-hybridized carbons (Fsp3) is 0.875. The maximum absolute atomic E-state index is 11.6. The Morgan fingerprint density at radius 2 is 1.76 bits per heavy atom. The molecule has 1 amide bonds. The lowest BCUT2D eigenvalue weighted by Crippen LogP contribution is -2.43. The molecule has 0 aromatic rings. The fourth-order valence-electron chi connectivity index (χ4n) is 2.69. The van der Waals surface area contributed by atoms with E-state index in [0.717, 1.165) is 19.0 Å². The Morgan fingerprint density at radius 1 is 1.14 bits per heavy atom. The first kappa shape index (κ1) is 17.8. The molecule has 0 unspecified atom stereocenters. The molecule has 0 heterocycles. The second-order valence-corrected chi connectivity index (χ2v) is 6.56. The zero-order valence-electron chi connectivity index (χ0n) is 14.2. The number of hydrogen-bond acceptors (Lipinski definition) is 2. The Morgan fingerprint density at radius 3 is 2.29 bits per heavy atom. The quantitative estimate of drug-likeness (QED) is 0.463. The smallest absolute Gasteiger partial charge is 0.243 e. The highest BCUT2D eigenvalue weighted by atomic mass is 16.2. The minimum Gasteiger partial charge on any atom is -0.357 e. The van der Waals surface area contributed by atoms with Crippen molar-refractivity contribution in [3.63, 3.8) is 0 Å². The standard InChI is InChI=1S/C16H32N4O/c1-5-17-15(18-12-14(21)20(3)4)19-13-16(2)10-8-6-7-9-11-16/h5-13H2,1-4H3,(H2,17,18,19). The summed E-state index contributed by atoms with van der Waals surface area (Å²) in [7, 11) is 3.51. The molecule has 0 bridgehead atoms. The van der Waals surface area contributed by atoms with E-state index in [1.807, 2.05) is 6.92 Å². The van der Waals surface area contributed by atoms with Crippen molar-refractivity contribution in [1.82, 2.24) is 15.5 Å². The SMILES string of the molecule is CCNC(=NCC(=O)N(C)C)NCC1(C)CCCCCC1. The summed E-state index contributed by atoms with van der Waals surface area (Å²) in [6, 6.07) is 0. The van der Waals surface area contributed by atoms with Gasteiger partial charge in [-0.2, -0.15) is 0 Å². The van der Waals surface area contributed by atoms with E-state index in [0.29, 0.717) is 5.41 Å². The van der Waals surface area contributed by atoms with Gasteiger partial charge in [-0.15, -0.1) is 0 Å². The summed E-state index contributed by atoms with van der Waals surface area (Å²) in [4.78, 5) is 17.6. The van der Waals surface area contributed by atoms with Crippen LogP contribution >= 0.6 is 0 Å². The first-order valence-corrected chi connectivity index (χ1v) is 8.19. The molecule has 0 spiro atoms. The highest BCUT2D eigenvalue weighted by molar-refractivity contribution is 5.84. The van der Waals surface area contributed by atoms with Gasteiger partial charge >= 0.3 is 0 Å². The molecule has 1 aliphatic carbocycles. The van der Waals surface area contributed by atoms with Gasteiger partial charge in [0.25, 0.3) is 0 Å². The van der Waals surface area contributed by atoms with Crippen molar-refractivity contribution in [1.29, 1.82) is 0 Å². The molecule has 122 valence electrons. The molecule has 0 saturated heterocycles. The lowest BCUT2D eigenvalue weighted by molar-refractivity contribution is -0.127. The fourth-order valence-corrected chi connectivity index (χ4v) is 2.69. The van der Waals surface area contributed by atoms with Gasteiger partial charge in [-0.25, -0.2) is 4.99 Å². The largest absolute Gasteiger partial charge is 0.357 e. The predicted molar refractivity (Wildman–Crippen MR) is 88.5 cm³/mol. The lowest BCUT2D eigenvalue weighted by atomic mass is 9.82. The summed E-state index contributed by atoms with van der Waals surface area (Å²) in [6.45, 7) is 6.32. The third-order valence-corrected chi connectivity index (χ3v) is 4.21. The predicted octanol–water partition coefficient (Wildman–Crippen LogP) is 1.99. The van der Waals surface area contributed by atoms with Crippen molar-refractivity contribution >= 4 is 11.9 Å². The number of likely N-dealkylation sites (N-methyl/N-ethyl adjacent to an activating group) is 1. The van der Waals surface area contributed by atoms with Crippen molar-refractivity contribution in [3.8, 4) is 0 Å². The van der Waals surface area contributed by atoms with Crippen LogP contribution in [0, 0.1) is 5.41 Å². The van der Waals surface area contributed by atoms with Crippen LogP contribution in [0.5, 0.6) is 0 Å². The first-order chi connectivity index (χ1) is 9.97. The molecule has 0 radical (unpaired) electrons. The van der Waals surface area contributed by atoms with Gasteiger partial charge in [0, 0.05) is 27.2 Å². The Bertz CT molecular complexity index is 344. The van der Waals surface area contributed by atoms with Gasteiger partial charge in [0.05, 0.1) is 0 Å². The Hall–Kier alpha value is -1.26. The lowest BCUT2D eigenvalue weighted by Gasteiger charge is -2.29. The van der Waals surface area contributed by atoms with Crippen LogP contribution in [0.25, 0.3) is 0 Å². The summed E-state index contributed by atoms with van der Waals surface area (Å²) in [5, 5.41) is 6.64. The van der Waals surface area contributed by atoms with Gasteiger partial charge in [0.1, 0.15) is 6.54 Å². The molecule has 0 aromatic carbocycles. The highest BCUT2D eigenvalue weighted by Gasteiger charge is 2.25. The van der Waals surface area contributed by atoms with Crippen LogP contribution in [0.4, 0.5) is 0 Å². The summed E-state index contributed by atoms with van der Waals surface area (Å²) in [5.74, 6) is 0.769. The Kier molecular flexibility index (Phi) is 7.54. The first-order valence-electron chi connectivity index (χ1n) is 8.19. The number of guanidine groups is 1. The Balaban J connectivity index is 2.53. The van der Waals surface area contributed by atoms with Gasteiger partial charge in [0.15, 0.2) is 5.96 Å². The molecule has 1 aliphatic rings. The molecule has 0 aromatic heterocycles.